The number of amides is 1. The number of carbonyl (C=O) groups is 1. The van der Waals surface area contributed by atoms with E-state index < -0.39 is 0 Å². The van der Waals surface area contributed by atoms with Crippen LogP contribution in [0.5, 0.6) is 0 Å². The predicted molar refractivity (Wildman–Crippen MR) is 94.5 cm³/mol. The van der Waals surface area contributed by atoms with Gasteiger partial charge in [0.05, 0.1) is 5.56 Å². The molecule has 1 aliphatic heterocycles. The van der Waals surface area contributed by atoms with Gasteiger partial charge in [-0.1, -0.05) is 19.1 Å². The van der Waals surface area contributed by atoms with Gasteiger partial charge in [-0.05, 0) is 42.5 Å². The van der Waals surface area contributed by atoms with Crippen LogP contribution in [0.3, 0.4) is 0 Å². The summed E-state index contributed by atoms with van der Waals surface area (Å²) in [5.41, 5.74) is 1.55. The minimum absolute atomic E-state index is 0.0483. The second kappa shape index (κ2) is 7.79. The summed E-state index contributed by atoms with van der Waals surface area (Å²) in [7, 11) is 0. The van der Waals surface area contributed by atoms with E-state index in [1.54, 1.807) is 24.5 Å². The van der Waals surface area contributed by atoms with Gasteiger partial charge in [0.2, 0.25) is 0 Å². The minimum Gasteiger partial charge on any atom is -0.339 e. The molecule has 2 heterocycles. The van der Waals surface area contributed by atoms with Crippen molar-refractivity contribution in [3.05, 3.63) is 59.7 Å². The normalized spacial score (nSPS) is 15.5. The molecular formula is C19H21FN2OS. The Morgan fingerprint density at radius 3 is 2.79 bits per heavy atom. The zero-order valence-corrected chi connectivity index (χ0v) is 14.6. The zero-order chi connectivity index (χ0) is 16.9. The highest BCUT2D eigenvalue weighted by atomic mass is 32.2. The van der Waals surface area contributed by atoms with Crippen LogP contribution in [0.2, 0.25) is 0 Å². The Hall–Kier alpha value is -1.88. The number of likely N-dealkylation sites (tertiary alicyclic amines) is 1. The molecule has 0 radical (unpaired) electrons. The average molecular weight is 344 g/mol. The van der Waals surface area contributed by atoms with Crippen molar-refractivity contribution in [3.8, 4) is 0 Å². The number of rotatable bonds is 4. The molecule has 5 heteroatoms. The number of piperidine rings is 1. The van der Waals surface area contributed by atoms with Crippen molar-refractivity contribution >= 4 is 17.7 Å². The number of halogens is 1. The third-order valence-electron chi connectivity index (χ3n) is 4.34. The largest absolute Gasteiger partial charge is 0.339 e. The van der Waals surface area contributed by atoms with Gasteiger partial charge in [-0.25, -0.2) is 4.39 Å². The Morgan fingerprint density at radius 1 is 1.29 bits per heavy atom. The van der Waals surface area contributed by atoms with Gasteiger partial charge in [0, 0.05) is 36.1 Å². The van der Waals surface area contributed by atoms with Gasteiger partial charge in [-0.3, -0.25) is 9.78 Å². The first-order chi connectivity index (χ1) is 11.6. The van der Waals surface area contributed by atoms with Crippen LogP contribution in [-0.4, -0.2) is 28.9 Å². The van der Waals surface area contributed by atoms with E-state index in [1.807, 2.05) is 17.0 Å². The van der Waals surface area contributed by atoms with E-state index in [-0.39, 0.29) is 11.7 Å². The van der Waals surface area contributed by atoms with Gasteiger partial charge in [-0.2, -0.15) is 0 Å². The summed E-state index contributed by atoms with van der Waals surface area (Å²) < 4.78 is 13.7. The number of aromatic nitrogens is 1. The molecule has 1 saturated heterocycles. The fraction of sp³-hybridized carbons (Fsp3) is 0.368. The van der Waals surface area contributed by atoms with Crippen molar-refractivity contribution in [2.24, 2.45) is 5.92 Å². The van der Waals surface area contributed by atoms with Crippen molar-refractivity contribution in [2.75, 3.05) is 13.1 Å². The van der Waals surface area contributed by atoms with Crippen molar-refractivity contribution in [3.63, 3.8) is 0 Å². The minimum atomic E-state index is -0.217. The van der Waals surface area contributed by atoms with Crippen LogP contribution in [-0.2, 0) is 5.75 Å². The molecule has 1 fully saturated rings. The van der Waals surface area contributed by atoms with Crippen molar-refractivity contribution < 1.29 is 9.18 Å². The molecule has 0 atom stereocenters. The van der Waals surface area contributed by atoms with Crippen LogP contribution < -0.4 is 0 Å². The summed E-state index contributed by atoms with van der Waals surface area (Å²) >= 11 is 1.42. The van der Waals surface area contributed by atoms with E-state index >= 15 is 0 Å². The molecule has 0 N–H and O–H groups in total. The van der Waals surface area contributed by atoms with Crippen LogP contribution in [0.4, 0.5) is 4.39 Å². The Kier molecular flexibility index (Phi) is 5.51. The number of hydrogen-bond acceptors (Lipinski definition) is 3. The molecule has 2 aromatic rings. The second-order valence-electron chi connectivity index (χ2n) is 6.28. The maximum Gasteiger partial charge on any atom is 0.255 e. The van der Waals surface area contributed by atoms with Gasteiger partial charge in [-0.15, -0.1) is 11.8 Å². The molecule has 0 aliphatic carbocycles. The molecule has 0 saturated carbocycles. The summed E-state index contributed by atoms with van der Waals surface area (Å²) in [6, 6.07) is 8.59. The lowest BCUT2D eigenvalue weighted by atomic mass is 9.99. The Bertz CT molecular complexity index is 714. The van der Waals surface area contributed by atoms with Gasteiger partial charge < -0.3 is 4.90 Å². The Labute approximate surface area is 146 Å². The summed E-state index contributed by atoms with van der Waals surface area (Å²) in [4.78, 5) is 19.3. The fourth-order valence-corrected chi connectivity index (χ4v) is 3.66. The highest BCUT2D eigenvalue weighted by Gasteiger charge is 2.21. The molecule has 3 nitrogen and oxygen atoms in total. The highest BCUT2D eigenvalue weighted by Crippen LogP contribution is 2.25. The first-order valence-corrected chi connectivity index (χ1v) is 9.22. The van der Waals surface area contributed by atoms with Gasteiger partial charge in [0.15, 0.2) is 0 Å². The van der Waals surface area contributed by atoms with Crippen LogP contribution in [0.25, 0.3) is 0 Å². The number of hydrogen-bond donors (Lipinski definition) is 0. The molecule has 0 spiro atoms. The standard InChI is InChI=1S/C19H21FN2OS/c1-14-6-8-22(9-7-14)19(23)16-10-15(11-21-12-16)13-24-18-5-3-2-4-17(18)20/h2-5,10-12,14H,6-9,13H2,1H3. The van der Waals surface area contributed by atoms with E-state index in [4.69, 9.17) is 0 Å². The van der Waals surface area contributed by atoms with E-state index in [2.05, 4.69) is 11.9 Å². The van der Waals surface area contributed by atoms with Crippen molar-refractivity contribution in [1.29, 1.82) is 0 Å². The Balaban J connectivity index is 1.65. The van der Waals surface area contributed by atoms with E-state index in [0.29, 0.717) is 22.1 Å². The zero-order valence-electron chi connectivity index (χ0n) is 13.7. The number of nitrogens with zero attached hydrogens (tertiary/aromatic N) is 2. The summed E-state index contributed by atoms with van der Waals surface area (Å²) in [5.74, 6) is 1.11. The van der Waals surface area contributed by atoms with Gasteiger partial charge >= 0.3 is 0 Å². The molecular weight excluding hydrogens is 323 g/mol. The molecule has 1 aromatic heterocycles. The average Bonchev–Trinajstić information content (AvgIpc) is 2.61. The second-order valence-corrected chi connectivity index (χ2v) is 7.29. The number of carbonyl (C=O) groups excluding carboxylic acids is 1. The molecule has 1 aliphatic rings. The summed E-state index contributed by atoms with van der Waals surface area (Å²) in [5, 5.41) is 0. The van der Waals surface area contributed by atoms with Crippen LogP contribution in [0.15, 0.2) is 47.6 Å². The number of benzene rings is 1. The lowest BCUT2D eigenvalue weighted by molar-refractivity contribution is 0.0696. The van der Waals surface area contributed by atoms with Crippen molar-refractivity contribution in [1.82, 2.24) is 9.88 Å². The molecule has 3 rings (SSSR count). The maximum absolute atomic E-state index is 13.7. The Morgan fingerprint density at radius 2 is 2.04 bits per heavy atom. The van der Waals surface area contributed by atoms with E-state index in [9.17, 15) is 9.18 Å². The van der Waals surface area contributed by atoms with Crippen LogP contribution in [0, 0.1) is 11.7 Å². The quantitative estimate of drug-likeness (QED) is 0.772. The predicted octanol–water partition coefficient (Wildman–Crippen LogP) is 4.39. The fourth-order valence-electron chi connectivity index (χ4n) is 2.80. The SMILES string of the molecule is CC1CCN(C(=O)c2cncc(CSc3ccccc3F)c2)CC1. The first kappa shape index (κ1) is 17.0. The first-order valence-electron chi connectivity index (χ1n) is 8.24. The highest BCUT2D eigenvalue weighted by molar-refractivity contribution is 7.98. The molecule has 1 amide bonds. The van der Waals surface area contributed by atoms with Crippen LogP contribution >= 0.6 is 11.8 Å². The molecule has 1 aromatic carbocycles. The van der Waals surface area contributed by atoms with Crippen molar-refractivity contribution in [2.45, 2.75) is 30.4 Å². The third-order valence-corrected chi connectivity index (χ3v) is 5.46. The number of pyridine rings is 1. The lowest BCUT2D eigenvalue weighted by Gasteiger charge is -2.30. The van der Waals surface area contributed by atoms with E-state index in [1.165, 1.54) is 17.8 Å². The summed E-state index contributed by atoms with van der Waals surface area (Å²) in [6.45, 7) is 3.85. The molecule has 126 valence electrons. The topological polar surface area (TPSA) is 33.2 Å². The monoisotopic (exact) mass is 344 g/mol. The van der Waals surface area contributed by atoms with Gasteiger partial charge in [0.1, 0.15) is 5.82 Å². The van der Waals surface area contributed by atoms with E-state index in [0.717, 1.165) is 31.5 Å². The molecule has 0 bridgehead atoms. The van der Waals surface area contributed by atoms with Gasteiger partial charge in [0.25, 0.3) is 5.91 Å². The molecule has 0 unspecified atom stereocenters. The lowest BCUT2D eigenvalue weighted by Crippen LogP contribution is -2.37. The number of thioether (sulfide) groups is 1. The maximum atomic E-state index is 13.7. The van der Waals surface area contributed by atoms with Crippen LogP contribution in [0.1, 0.15) is 35.7 Å². The molecule has 24 heavy (non-hydrogen) atoms. The smallest absolute Gasteiger partial charge is 0.255 e. The third kappa shape index (κ3) is 4.15. The summed E-state index contributed by atoms with van der Waals surface area (Å²) in [6.07, 6.45) is 5.48.